The first-order chi connectivity index (χ1) is 3.29. The maximum Gasteiger partial charge on any atom is 0.0125 e. The van der Waals surface area contributed by atoms with E-state index in [0.717, 1.165) is 3.92 Å². The van der Waals surface area contributed by atoms with Gasteiger partial charge in [0, 0.05) is 9.97 Å². The minimum atomic E-state index is 0.516. The lowest BCUT2D eigenvalue weighted by Gasteiger charge is -1.95. The van der Waals surface area contributed by atoms with Crippen molar-refractivity contribution in [2.45, 2.75) is 29.2 Å². The van der Waals surface area contributed by atoms with E-state index in [1.54, 1.807) is 0 Å². The van der Waals surface area contributed by atoms with Crippen LogP contribution >= 0.6 is 22.6 Å². The Morgan fingerprint density at radius 1 is 1.43 bits per heavy atom. The Labute approximate surface area is 57.8 Å². The van der Waals surface area contributed by atoms with Gasteiger partial charge in [0.15, 0.2) is 0 Å². The molecule has 1 nitrogen and oxygen atoms in total. The Kier molecular flexibility index (Phi) is 1.92. The Bertz CT molecular complexity index is 57.1. The lowest BCUT2D eigenvalue weighted by Crippen LogP contribution is -2.14. The molecule has 7 heavy (non-hydrogen) atoms. The molecule has 0 heterocycles. The molecule has 0 aliphatic heterocycles. The molecule has 0 aromatic heterocycles. The molecular weight excluding hydrogens is 201 g/mol. The van der Waals surface area contributed by atoms with Crippen LogP contribution in [-0.4, -0.2) is 9.97 Å². The van der Waals surface area contributed by atoms with Crippen LogP contribution in [0, 0.1) is 0 Å². The van der Waals surface area contributed by atoms with Crippen LogP contribution in [0.1, 0.15) is 19.3 Å². The van der Waals surface area contributed by atoms with Gasteiger partial charge in [0.05, 0.1) is 0 Å². The first-order valence-corrected chi connectivity index (χ1v) is 3.93. The van der Waals surface area contributed by atoms with E-state index in [2.05, 4.69) is 22.6 Å². The van der Waals surface area contributed by atoms with Crippen LogP contribution in [0.4, 0.5) is 0 Å². The van der Waals surface area contributed by atoms with E-state index in [9.17, 15) is 0 Å². The molecule has 1 aliphatic rings. The van der Waals surface area contributed by atoms with Crippen LogP contribution in [0.2, 0.25) is 0 Å². The average molecular weight is 211 g/mol. The Morgan fingerprint density at radius 3 is 2.29 bits per heavy atom. The second-order valence-electron chi connectivity index (χ2n) is 2.17. The smallest absolute Gasteiger partial charge is 0.0125 e. The van der Waals surface area contributed by atoms with Crippen molar-refractivity contribution in [2.75, 3.05) is 0 Å². The lowest BCUT2D eigenvalue weighted by molar-refractivity contribution is 0.707. The third-order valence-electron chi connectivity index (χ3n) is 1.41. The van der Waals surface area contributed by atoms with E-state index in [4.69, 9.17) is 5.73 Å². The summed E-state index contributed by atoms with van der Waals surface area (Å²) in [6, 6.07) is 0.516. The first-order valence-electron chi connectivity index (χ1n) is 2.68. The predicted molar refractivity (Wildman–Crippen MR) is 39.6 cm³/mol. The summed E-state index contributed by atoms with van der Waals surface area (Å²) in [5.41, 5.74) is 5.62. The van der Waals surface area contributed by atoms with Gasteiger partial charge >= 0.3 is 0 Å². The highest BCUT2D eigenvalue weighted by atomic mass is 127. The van der Waals surface area contributed by atoms with Gasteiger partial charge in [-0.15, -0.1) is 0 Å². The molecule has 1 saturated carbocycles. The Balaban J connectivity index is 2.26. The van der Waals surface area contributed by atoms with Crippen molar-refractivity contribution < 1.29 is 0 Å². The molecule has 2 unspecified atom stereocenters. The number of hydrogen-bond acceptors (Lipinski definition) is 1. The fourth-order valence-corrected chi connectivity index (χ4v) is 1.97. The zero-order valence-electron chi connectivity index (χ0n) is 4.23. The molecule has 2 atom stereocenters. The fraction of sp³-hybridized carbons (Fsp3) is 1.00. The summed E-state index contributed by atoms with van der Waals surface area (Å²) in [5, 5.41) is 0. The molecule has 2 heteroatoms. The third kappa shape index (κ3) is 1.57. The number of rotatable bonds is 0. The average Bonchev–Trinajstić information content (AvgIpc) is 1.87. The van der Waals surface area contributed by atoms with Crippen LogP contribution in [0.15, 0.2) is 0 Å². The first kappa shape index (κ1) is 5.82. The predicted octanol–water partition coefficient (Wildman–Crippen LogP) is 1.30. The topological polar surface area (TPSA) is 26.0 Å². The minimum absolute atomic E-state index is 0.516. The number of nitrogens with two attached hydrogens (primary N) is 1. The molecule has 2 N–H and O–H groups in total. The molecule has 1 aliphatic carbocycles. The summed E-state index contributed by atoms with van der Waals surface area (Å²) in [7, 11) is 0. The second kappa shape index (κ2) is 2.31. The van der Waals surface area contributed by atoms with Gasteiger partial charge < -0.3 is 5.73 Å². The van der Waals surface area contributed by atoms with Gasteiger partial charge in [0.1, 0.15) is 0 Å². The summed E-state index contributed by atoms with van der Waals surface area (Å²) in [4.78, 5) is 0. The molecule has 0 amide bonds. The molecule has 1 fully saturated rings. The highest BCUT2D eigenvalue weighted by Gasteiger charge is 2.17. The minimum Gasteiger partial charge on any atom is -0.328 e. The normalized spacial score (nSPS) is 42.0. The monoisotopic (exact) mass is 211 g/mol. The molecule has 0 radical (unpaired) electrons. The SMILES string of the molecule is NC1CCC(I)C1. The van der Waals surface area contributed by atoms with Crippen LogP contribution in [-0.2, 0) is 0 Å². The summed E-state index contributed by atoms with van der Waals surface area (Å²) in [5.74, 6) is 0. The van der Waals surface area contributed by atoms with Crippen molar-refractivity contribution in [2.24, 2.45) is 5.73 Å². The molecule has 42 valence electrons. The number of alkyl halides is 1. The summed E-state index contributed by atoms with van der Waals surface area (Å²) < 4.78 is 0.868. The van der Waals surface area contributed by atoms with Gasteiger partial charge in [-0.1, -0.05) is 22.6 Å². The van der Waals surface area contributed by atoms with Crippen molar-refractivity contribution in [1.29, 1.82) is 0 Å². The molecule has 0 aromatic carbocycles. The summed E-state index contributed by atoms with van der Waals surface area (Å²) >= 11 is 2.47. The van der Waals surface area contributed by atoms with Crippen molar-refractivity contribution in [3.8, 4) is 0 Å². The standard InChI is InChI=1S/C5H10IN/c6-4-1-2-5(7)3-4/h4-5H,1-3,7H2. The Morgan fingerprint density at radius 2 is 2.14 bits per heavy atom. The fourth-order valence-electron chi connectivity index (χ4n) is 0.959. The second-order valence-corrected chi connectivity index (χ2v) is 3.93. The zero-order valence-corrected chi connectivity index (χ0v) is 6.39. The maximum absolute atomic E-state index is 5.62. The van der Waals surface area contributed by atoms with Gasteiger partial charge in [0.25, 0.3) is 0 Å². The highest BCUT2D eigenvalue weighted by molar-refractivity contribution is 14.1. The van der Waals surface area contributed by atoms with Gasteiger partial charge in [-0.3, -0.25) is 0 Å². The molecular formula is C5H10IN. The quantitative estimate of drug-likeness (QED) is 0.474. The maximum atomic E-state index is 5.62. The largest absolute Gasteiger partial charge is 0.328 e. The van der Waals surface area contributed by atoms with Crippen LogP contribution in [0.5, 0.6) is 0 Å². The van der Waals surface area contributed by atoms with Crippen LogP contribution in [0.3, 0.4) is 0 Å². The molecule has 0 spiro atoms. The highest BCUT2D eigenvalue weighted by Crippen LogP contribution is 2.23. The van der Waals surface area contributed by atoms with E-state index in [-0.39, 0.29) is 0 Å². The van der Waals surface area contributed by atoms with Gasteiger partial charge in [-0.2, -0.15) is 0 Å². The van der Waals surface area contributed by atoms with Gasteiger partial charge in [0.2, 0.25) is 0 Å². The summed E-state index contributed by atoms with van der Waals surface area (Å²) in [6.07, 6.45) is 3.82. The molecule has 0 bridgehead atoms. The van der Waals surface area contributed by atoms with Crippen LogP contribution < -0.4 is 5.73 Å². The van der Waals surface area contributed by atoms with Gasteiger partial charge in [-0.25, -0.2) is 0 Å². The van der Waals surface area contributed by atoms with E-state index in [1.807, 2.05) is 0 Å². The number of halogens is 1. The summed E-state index contributed by atoms with van der Waals surface area (Å²) in [6.45, 7) is 0. The van der Waals surface area contributed by atoms with Crippen molar-refractivity contribution in [3.05, 3.63) is 0 Å². The lowest BCUT2D eigenvalue weighted by atomic mass is 10.3. The van der Waals surface area contributed by atoms with Crippen molar-refractivity contribution >= 4 is 22.6 Å². The number of hydrogen-bond donors (Lipinski definition) is 1. The van der Waals surface area contributed by atoms with Gasteiger partial charge in [-0.05, 0) is 19.3 Å². The molecule has 0 aromatic rings. The van der Waals surface area contributed by atoms with E-state index in [1.165, 1.54) is 19.3 Å². The zero-order chi connectivity index (χ0) is 5.28. The van der Waals surface area contributed by atoms with Crippen molar-refractivity contribution in [1.82, 2.24) is 0 Å². The Hall–Kier alpha value is 0.690. The van der Waals surface area contributed by atoms with Crippen molar-refractivity contribution in [3.63, 3.8) is 0 Å². The van der Waals surface area contributed by atoms with E-state index >= 15 is 0 Å². The van der Waals surface area contributed by atoms with Crippen LogP contribution in [0.25, 0.3) is 0 Å². The van der Waals surface area contributed by atoms with E-state index in [0.29, 0.717) is 6.04 Å². The van der Waals surface area contributed by atoms with E-state index < -0.39 is 0 Å². The molecule has 1 rings (SSSR count). The third-order valence-corrected chi connectivity index (χ3v) is 2.54. The molecule has 0 saturated heterocycles.